The molecular formula is C15H19BrN2O2. The second-order valence-corrected chi connectivity index (χ2v) is 6.63. The van der Waals surface area contributed by atoms with Gasteiger partial charge in [0.25, 0.3) is 0 Å². The van der Waals surface area contributed by atoms with Crippen molar-refractivity contribution < 1.29 is 9.90 Å². The maximum Gasteiger partial charge on any atom is 0.246 e. The summed E-state index contributed by atoms with van der Waals surface area (Å²) in [5.41, 5.74) is 2.08. The molecule has 4 nitrogen and oxygen atoms in total. The van der Waals surface area contributed by atoms with Gasteiger partial charge in [-0.05, 0) is 43.9 Å². The largest absolute Gasteiger partial charge is 0.393 e. The zero-order chi connectivity index (χ0) is 14.3. The van der Waals surface area contributed by atoms with Crippen molar-refractivity contribution in [1.29, 1.82) is 0 Å². The highest BCUT2D eigenvalue weighted by molar-refractivity contribution is 9.10. The van der Waals surface area contributed by atoms with E-state index in [2.05, 4.69) is 22.0 Å². The molecule has 0 saturated heterocycles. The van der Waals surface area contributed by atoms with Crippen molar-refractivity contribution in [1.82, 2.24) is 0 Å². The minimum absolute atomic E-state index is 0.152. The number of aliphatic hydroxyl groups is 1. The lowest BCUT2D eigenvalue weighted by atomic mass is 9.91. The average molecular weight is 339 g/mol. The van der Waals surface area contributed by atoms with E-state index in [4.69, 9.17) is 0 Å². The molecule has 108 valence electrons. The number of anilines is 2. The van der Waals surface area contributed by atoms with E-state index in [0.29, 0.717) is 6.54 Å². The van der Waals surface area contributed by atoms with Gasteiger partial charge in [-0.2, -0.15) is 0 Å². The number of carbonyl (C=O) groups is 1. The van der Waals surface area contributed by atoms with Gasteiger partial charge in [-0.3, -0.25) is 4.79 Å². The second kappa shape index (κ2) is 5.37. The predicted octanol–water partition coefficient (Wildman–Crippen LogP) is 2.54. The highest BCUT2D eigenvalue weighted by Gasteiger charge is 2.34. The smallest absolute Gasteiger partial charge is 0.246 e. The molecule has 1 fully saturated rings. The van der Waals surface area contributed by atoms with Crippen molar-refractivity contribution in [2.75, 3.05) is 23.4 Å². The molecule has 1 aliphatic heterocycles. The van der Waals surface area contributed by atoms with Crippen LogP contribution in [-0.4, -0.2) is 36.8 Å². The summed E-state index contributed by atoms with van der Waals surface area (Å²) in [6, 6.07) is 6.30. The Bertz CT molecular complexity index is 527. The highest BCUT2D eigenvalue weighted by atomic mass is 79.9. The lowest BCUT2D eigenvalue weighted by molar-refractivity contribution is -0.118. The topological polar surface area (TPSA) is 43.8 Å². The van der Waals surface area contributed by atoms with Crippen LogP contribution in [-0.2, 0) is 4.79 Å². The van der Waals surface area contributed by atoms with Gasteiger partial charge in [-0.1, -0.05) is 15.9 Å². The number of carbonyl (C=O) groups excluding carboxylic acids is 1. The molecule has 1 heterocycles. The summed E-state index contributed by atoms with van der Waals surface area (Å²) in [6.07, 6.45) is 3.13. The molecule has 1 N–H and O–H groups in total. The predicted molar refractivity (Wildman–Crippen MR) is 83.2 cm³/mol. The number of fused-ring (bicyclic) bond motifs is 1. The summed E-state index contributed by atoms with van der Waals surface area (Å²) in [6.45, 7) is 0.424. The molecule has 0 bridgehead atoms. The standard InChI is InChI=1S/C15H19BrN2O2/c1-17-9-15(20)18(11-3-5-12(19)6-4-11)14-8-10(16)2-7-13(14)17/h2,7-8,11-12,19H,3-6,9H2,1H3. The van der Waals surface area contributed by atoms with Crippen LogP contribution < -0.4 is 9.80 Å². The van der Waals surface area contributed by atoms with Crippen LogP contribution in [0, 0.1) is 0 Å². The number of rotatable bonds is 1. The summed E-state index contributed by atoms with van der Waals surface area (Å²) >= 11 is 3.49. The molecule has 3 rings (SSSR count). The van der Waals surface area contributed by atoms with E-state index in [0.717, 1.165) is 41.5 Å². The normalized spacial score (nSPS) is 26.6. The van der Waals surface area contributed by atoms with Gasteiger partial charge in [-0.25, -0.2) is 0 Å². The number of likely N-dealkylation sites (N-methyl/N-ethyl adjacent to an activating group) is 1. The fraction of sp³-hybridized carbons (Fsp3) is 0.533. The second-order valence-electron chi connectivity index (χ2n) is 5.72. The average Bonchev–Trinajstić information content (AvgIpc) is 2.40. The number of hydrogen-bond acceptors (Lipinski definition) is 3. The lowest BCUT2D eigenvalue weighted by Gasteiger charge is -2.42. The molecule has 5 heteroatoms. The number of nitrogens with zero attached hydrogens (tertiary/aromatic N) is 2. The monoisotopic (exact) mass is 338 g/mol. The minimum atomic E-state index is -0.198. The lowest BCUT2D eigenvalue weighted by Crippen LogP contribution is -2.50. The van der Waals surface area contributed by atoms with Gasteiger partial charge in [0.15, 0.2) is 0 Å². The zero-order valence-corrected chi connectivity index (χ0v) is 13.1. The zero-order valence-electron chi connectivity index (χ0n) is 11.6. The number of hydrogen-bond donors (Lipinski definition) is 1. The van der Waals surface area contributed by atoms with Gasteiger partial charge in [0.2, 0.25) is 5.91 Å². The first-order valence-electron chi connectivity index (χ1n) is 7.07. The Hall–Kier alpha value is -1.07. The maximum atomic E-state index is 12.5. The molecule has 1 aromatic carbocycles. The van der Waals surface area contributed by atoms with Gasteiger partial charge in [0.1, 0.15) is 0 Å². The van der Waals surface area contributed by atoms with E-state index < -0.39 is 0 Å². The number of amides is 1. The Morgan fingerprint density at radius 2 is 1.90 bits per heavy atom. The van der Waals surface area contributed by atoms with E-state index in [1.165, 1.54) is 0 Å². The van der Waals surface area contributed by atoms with Crippen LogP contribution in [0.2, 0.25) is 0 Å². The molecule has 1 aliphatic carbocycles. The van der Waals surface area contributed by atoms with Gasteiger partial charge in [-0.15, -0.1) is 0 Å². The van der Waals surface area contributed by atoms with Gasteiger partial charge in [0, 0.05) is 17.6 Å². The molecule has 0 radical (unpaired) electrons. The molecule has 0 unspecified atom stereocenters. The quantitative estimate of drug-likeness (QED) is 0.855. The molecule has 0 atom stereocenters. The Morgan fingerprint density at radius 1 is 1.20 bits per heavy atom. The molecule has 2 aliphatic rings. The van der Waals surface area contributed by atoms with Gasteiger partial charge >= 0.3 is 0 Å². The minimum Gasteiger partial charge on any atom is -0.393 e. The van der Waals surface area contributed by atoms with Crippen molar-refractivity contribution in [3.05, 3.63) is 22.7 Å². The van der Waals surface area contributed by atoms with Crippen LogP contribution in [0.25, 0.3) is 0 Å². The van der Waals surface area contributed by atoms with Gasteiger partial charge in [0.05, 0.1) is 24.0 Å². The Balaban J connectivity index is 1.96. The number of halogens is 1. The van der Waals surface area contributed by atoms with E-state index >= 15 is 0 Å². The van der Waals surface area contributed by atoms with Crippen LogP contribution in [0.15, 0.2) is 22.7 Å². The molecule has 1 saturated carbocycles. The summed E-state index contributed by atoms with van der Waals surface area (Å²) in [4.78, 5) is 16.4. The van der Waals surface area contributed by atoms with E-state index in [1.807, 2.05) is 29.0 Å². The van der Waals surface area contributed by atoms with Crippen LogP contribution >= 0.6 is 15.9 Å². The molecule has 1 amide bonds. The fourth-order valence-electron chi connectivity index (χ4n) is 3.23. The summed E-state index contributed by atoms with van der Waals surface area (Å²) in [5, 5.41) is 9.65. The molecule has 0 spiro atoms. The molecule has 20 heavy (non-hydrogen) atoms. The van der Waals surface area contributed by atoms with E-state index in [-0.39, 0.29) is 18.1 Å². The van der Waals surface area contributed by atoms with Crippen LogP contribution in [0.4, 0.5) is 11.4 Å². The summed E-state index contributed by atoms with van der Waals surface area (Å²) in [5.74, 6) is 0.152. The third kappa shape index (κ3) is 2.44. The van der Waals surface area contributed by atoms with E-state index in [9.17, 15) is 9.90 Å². The number of aliphatic hydroxyl groups excluding tert-OH is 1. The van der Waals surface area contributed by atoms with Crippen molar-refractivity contribution in [2.45, 2.75) is 37.8 Å². The van der Waals surface area contributed by atoms with Crippen molar-refractivity contribution in [3.8, 4) is 0 Å². The van der Waals surface area contributed by atoms with Crippen LogP contribution in [0.1, 0.15) is 25.7 Å². The molecule has 0 aromatic heterocycles. The highest BCUT2D eigenvalue weighted by Crippen LogP contribution is 2.38. The number of benzene rings is 1. The molecular weight excluding hydrogens is 320 g/mol. The Labute approximate surface area is 127 Å². The summed E-state index contributed by atoms with van der Waals surface area (Å²) < 4.78 is 0.986. The van der Waals surface area contributed by atoms with Crippen molar-refractivity contribution in [2.24, 2.45) is 0 Å². The third-order valence-corrected chi connectivity index (χ3v) is 4.77. The third-order valence-electron chi connectivity index (χ3n) is 4.28. The van der Waals surface area contributed by atoms with Crippen LogP contribution in [0.5, 0.6) is 0 Å². The first-order chi connectivity index (χ1) is 9.56. The fourth-order valence-corrected chi connectivity index (χ4v) is 3.58. The van der Waals surface area contributed by atoms with Gasteiger partial charge < -0.3 is 14.9 Å². The Morgan fingerprint density at radius 3 is 2.60 bits per heavy atom. The summed E-state index contributed by atoms with van der Waals surface area (Å²) in [7, 11) is 1.95. The maximum absolute atomic E-state index is 12.5. The Kier molecular flexibility index (Phi) is 3.73. The van der Waals surface area contributed by atoms with E-state index in [1.54, 1.807) is 0 Å². The van der Waals surface area contributed by atoms with Crippen molar-refractivity contribution in [3.63, 3.8) is 0 Å². The SMILES string of the molecule is CN1CC(=O)N(C2CCC(O)CC2)c2cc(Br)ccc21. The van der Waals surface area contributed by atoms with Crippen LogP contribution in [0.3, 0.4) is 0 Å². The molecule has 1 aromatic rings. The first-order valence-corrected chi connectivity index (χ1v) is 7.86. The van der Waals surface area contributed by atoms with Crippen molar-refractivity contribution >= 4 is 33.2 Å². The first kappa shape index (κ1) is 13.9.